The van der Waals surface area contributed by atoms with Crippen molar-refractivity contribution in [2.75, 3.05) is 51.2 Å². The molecule has 0 saturated carbocycles. The number of rotatable bonds is 2. The van der Waals surface area contributed by atoms with Gasteiger partial charge in [0.25, 0.3) is 0 Å². The number of piperazine rings is 1. The summed E-state index contributed by atoms with van der Waals surface area (Å²) >= 11 is 0. The highest BCUT2D eigenvalue weighted by molar-refractivity contribution is 5.60. The molecule has 2 aromatic heterocycles. The average molecular weight is 299 g/mol. The molecule has 5 heteroatoms. The van der Waals surface area contributed by atoms with Crippen molar-refractivity contribution in [2.24, 2.45) is 0 Å². The topological polar surface area (TPSA) is 35.8 Å². The second-order valence-corrected chi connectivity index (χ2v) is 6.61. The zero-order valence-electron chi connectivity index (χ0n) is 13.3. The van der Waals surface area contributed by atoms with Gasteiger partial charge in [0.1, 0.15) is 5.82 Å². The van der Waals surface area contributed by atoms with Crippen LogP contribution in [0, 0.1) is 0 Å². The van der Waals surface area contributed by atoms with Gasteiger partial charge in [-0.1, -0.05) is 0 Å². The van der Waals surface area contributed by atoms with Gasteiger partial charge in [0.05, 0.1) is 11.7 Å². The minimum atomic E-state index is 0.601. The van der Waals surface area contributed by atoms with Gasteiger partial charge < -0.3 is 19.5 Å². The SMILES string of the molecule is CN1CCC(c2ncc3cc(N4CCNCC4)ccn23)CC1. The minimum Gasteiger partial charge on any atom is -0.369 e. The number of hydrogen-bond acceptors (Lipinski definition) is 4. The number of aromatic nitrogens is 2. The van der Waals surface area contributed by atoms with E-state index in [2.05, 4.69) is 44.9 Å². The zero-order chi connectivity index (χ0) is 14.9. The van der Waals surface area contributed by atoms with Gasteiger partial charge in [0, 0.05) is 44.0 Å². The standard InChI is InChI=1S/C17H25N5/c1-20-7-2-14(3-8-20)17-19-13-16-12-15(4-9-22(16)17)21-10-5-18-6-11-21/h4,9,12-14,18H,2-3,5-8,10-11H2,1H3. The second-order valence-electron chi connectivity index (χ2n) is 6.61. The zero-order valence-corrected chi connectivity index (χ0v) is 13.3. The predicted molar refractivity (Wildman–Crippen MR) is 89.7 cm³/mol. The number of fused-ring (bicyclic) bond motifs is 1. The lowest BCUT2D eigenvalue weighted by atomic mass is 9.96. The number of nitrogens with zero attached hydrogens (tertiary/aromatic N) is 4. The number of piperidine rings is 1. The van der Waals surface area contributed by atoms with Crippen LogP contribution in [0.1, 0.15) is 24.6 Å². The number of pyridine rings is 1. The molecule has 4 rings (SSSR count). The Labute approximate surface area is 131 Å². The fraction of sp³-hybridized carbons (Fsp3) is 0.588. The number of anilines is 1. The molecule has 0 spiro atoms. The number of imidazole rings is 1. The fourth-order valence-corrected chi connectivity index (χ4v) is 3.70. The summed E-state index contributed by atoms with van der Waals surface area (Å²) in [6.45, 7) is 6.69. The molecule has 0 unspecified atom stereocenters. The highest BCUT2D eigenvalue weighted by Crippen LogP contribution is 2.28. The summed E-state index contributed by atoms with van der Waals surface area (Å²) in [5.41, 5.74) is 2.55. The van der Waals surface area contributed by atoms with Crippen LogP contribution in [0.15, 0.2) is 24.5 Å². The molecule has 1 N–H and O–H groups in total. The third-order valence-electron chi connectivity index (χ3n) is 5.11. The van der Waals surface area contributed by atoms with Gasteiger partial charge in [0.15, 0.2) is 0 Å². The lowest BCUT2D eigenvalue weighted by Gasteiger charge is -2.30. The van der Waals surface area contributed by atoms with E-state index in [1.165, 1.54) is 43.0 Å². The summed E-state index contributed by atoms with van der Waals surface area (Å²) in [6.07, 6.45) is 6.69. The molecule has 0 aliphatic carbocycles. The highest BCUT2D eigenvalue weighted by atomic mass is 15.2. The van der Waals surface area contributed by atoms with Crippen molar-refractivity contribution in [3.63, 3.8) is 0 Å². The Bertz CT molecular complexity index is 636. The van der Waals surface area contributed by atoms with E-state index in [-0.39, 0.29) is 0 Å². The summed E-state index contributed by atoms with van der Waals surface area (Å²) in [6, 6.07) is 4.54. The van der Waals surface area contributed by atoms with E-state index in [1.807, 2.05) is 6.20 Å². The van der Waals surface area contributed by atoms with Crippen LogP contribution in [0.4, 0.5) is 5.69 Å². The van der Waals surface area contributed by atoms with Crippen molar-refractivity contribution in [2.45, 2.75) is 18.8 Å². The van der Waals surface area contributed by atoms with E-state index >= 15 is 0 Å². The van der Waals surface area contributed by atoms with Crippen molar-refractivity contribution in [1.29, 1.82) is 0 Å². The summed E-state index contributed by atoms with van der Waals surface area (Å²) in [5, 5.41) is 3.41. The van der Waals surface area contributed by atoms with Gasteiger partial charge in [-0.2, -0.15) is 0 Å². The lowest BCUT2D eigenvalue weighted by molar-refractivity contribution is 0.251. The molecule has 0 atom stereocenters. The second kappa shape index (κ2) is 5.89. The summed E-state index contributed by atoms with van der Waals surface area (Å²) in [4.78, 5) is 9.61. The molecular formula is C17H25N5. The van der Waals surface area contributed by atoms with E-state index in [9.17, 15) is 0 Å². The first-order valence-corrected chi connectivity index (χ1v) is 8.42. The Balaban J connectivity index is 1.60. The monoisotopic (exact) mass is 299 g/mol. The van der Waals surface area contributed by atoms with Crippen LogP contribution in [0.5, 0.6) is 0 Å². The number of nitrogens with one attached hydrogen (secondary N) is 1. The van der Waals surface area contributed by atoms with Gasteiger partial charge in [-0.3, -0.25) is 0 Å². The first kappa shape index (κ1) is 14.0. The molecule has 2 aliphatic rings. The fourth-order valence-electron chi connectivity index (χ4n) is 3.70. The van der Waals surface area contributed by atoms with E-state index in [1.54, 1.807) is 0 Å². The van der Waals surface area contributed by atoms with Crippen molar-refractivity contribution in [3.8, 4) is 0 Å². The lowest BCUT2D eigenvalue weighted by Crippen LogP contribution is -2.43. The Morgan fingerprint density at radius 3 is 2.68 bits per heavy atom. The third-order valence-corrected chi connectivity index (χ3v) is 5.11. The summed E-state index contributed by atoms with van der Waals surface area (Å²) < 4.78 is 2.29. The van der Waals surface area contributed by atoms with E-state index in [4.69, 9.17) is 4.98 Å². The minimum absolute atomic E-state index is 0.601. The smallest absolute Gasteiger partial charge is 0.116 e. The predicted octanol–water partition coefficient (Wildman–Crippen LogP) is 1.55. The van der Waals surface area contributed by atoms with E-state index < -0.39 is 0 Å². The van der Waals surface area contributed by atoms with Crippen molar-refractivity contribution < 1.29 is 0 Å². The maximum absolute atomic E-state index is 4.74. The highest BCUT2D eigenvalue weighted by Gasteiger charge is 2.22. The summed E-state index contributed by atoms with van der Waals surface area (Å²) in [7, 11) is 2.21. The van der Waals surface area contributed by atoms with Crippen molar-refractivity contribution in [1.82, 2.24) is 19.6 Å². The average Bonchev–Trinajstić information content (AvgIpc) is 2.99. The molecule has 0 radical (unpaired) electrons. The molecule has 2 aromatic rings. The largest absolute Gasteiger partial charge is 0.369 e. The maximum Gasteiger partial charge on any atom is 0.116 e. The Morgan fingerprint density at radius 2 is 1.91 bits per heavy atom. The third kappa shape index (κ3) is 2.59. The molecule has 0 amide bonds. The Hall–Kier alpha value is -1.59. The van der Waals surface area contributed by atoms with Crippen LogP contribution >= 0.6 is 0 Å². The Kier molecular flexibility index (Phi) is 3.76. The first-order chi connectivity index (χ1) is 10.8. The van der Waals surface area contributed by atoms with Gasteiger partial charge in [-0.25, -0.2) is 4.98 Å². The molecule has 22 heavy (non-hydrogen) atoms. The van der Waals surface area contributed by atoms with Gasteiger partial charge in [-0.05, 0) is 45.1 Å². The number of hydrogen-bond donors (Lipinski definition) is 1. The van der Waals surface area contributed by atoms with Crippen LogP contribution in [-0.2, 0) is 0 Å². The van der Waals surface area contributed by atoms with Crippen LogP contribution in [-0.4, -0.2) is 60.6 Å². The quantitative estimate of drug-likeness (QED) is 0.913. The molecule has 0 bridgehead atoms. The molecule has 2 saturated heterocycles. The van der Waals surface area contributed by atoms with Gasteiger partial charge >= 0.3 is 0 Å². The van der Waals surface area contributed by atoms with E-state index in [0.717, 1.165) is 26.2 Å². The van der Waals surface area contributed by atoms with Crippen LogP contribution in [0.25, 0.3) is 5.52 Å². The Morgan fingerprint density at radius 1 is 1.14 bits per heavy atom. The van der Waals surface area contributed by atoms with Crippen LogP contribution in [0.2, 0.25) is 0 Å². The molecular weight excluding hydrogens is 274 g/mol. The molecule has 5 nitrogen and oxygen atoms in total. The molecule has 118 valence electrons. The van der Waals surface area contributed by atoms with Crippen molar-refractivity contribution in [3.05, 3.63) is 30.4 Å². The van der Waals surface area contributed by atoms with Crippen molar-refractivity contribution >= 4 is 11.2 Å². The summed E-state index contributed by atoms with van der Waals surface area (Å²) in [5.74, 6) is 1.85. The van der Waals surface area contributed by atoms with Crippen LogP contribution < -0.4 is 10.2 Å². The number of likely N-dealkylation sites (tertiary alicyclic amines) is 1. The van der Waals surface area contributed by atoms with Gasteiger partial charge in [-0.15, -0.1) is 0 Å². The van der Waals surface area contributed by atoms with E-state index in [0.29, 0.717) is 5.92 Å². The normalized spacial score (nSPS) is 21.6. The first-order valence-electron chi connectivity index (χ1n) is 8.42. The molecule has 2 aliphatic heterocycles. The van der Waals surface area contributed by atoms with Crippen LogP contribution in [0.3, 0.4) is 0 Å². The van der Waals surface area contributed by atoms with Gasteiger partial charge in [0.2, 0.25) is 0 Å². The maximum atomic E-state index is 4.74. The molecule has 4 heterocycles. The molecule has 2 fully saturated rings. The molecule has 0 aromatic carbocycles.